The maximum atomic E-state index is 10.9. The molecule has 1 aromatic carbocycles. The van der Waals surface area contributed by atoms with Crippen LogP contribution in [0.3, 0.4) is 0 Å². The van der Waals surface area contributed by atoms with E-state index in [0.717, 1.165) is 0 Å². The Hall–Kier alpha value is -2.15. The molecule has 0 radical (unpaired) electrons. The van der Waals surface area contributed by atoms with E-state index >= 15 is 0 Å². The van der Waals surface area contributed by atoms with E-state index in [4.69, 9.17) is 14.2 Å². The topological polar surface area (TPSA) is 87.9 Å². The van der Waals surface area contributed by atoms with Gasteiger partial charge in [-0.15, -0.1) is 0 Å². The van der Waals surface area contributed by atoms with Crippen LogP contribution in [0.25, 0.3) is 0 Å². The third-order valence-electron chi connectivity index (χ3n) is 2.51. The molecule has 0 spiro atoms. The molecule has 0 amide bonds. The van der Waals surface area contributed by atoms with E-state index in [2.05, 4.69) is 0 Å². The van der Waals surface area contributed by atoms with Crippen LogP contribution in [-0.4, -0.2) is 37.1 Å². The minimum absolute atomic E-state index is 0.0601. The Kier molecular flexibility index (Phi) is 5.66. The normalized spacial score (nSPS) is 11.0. The summed E-state index contributed by atoms with van der Waals surface area (Å²) in [5.41, 5.74) is -0.673. The average Bonchev–Trinajstić information content (AvgIpc) is 2.41. The third-order valence-corrected chi connectivity index (χ3v) is 2.51. The van der Waals surface area contributed by atoms with Crippen molar-refractivity contribution in [2.75, 3.05) is 20.3 Å². The molecule has 0 unspecified atom stereocenters. The van der Waals surface area contributed by atoms with Gasteiger partial charge in [0.05, 0.1) is 35.9 Å². The molecule has 0 heterocycles. The number of ether oxygens (including phenoxy) is 3. The summed E-state index contributed by atoms with van der Waals surface area (Å²) >= 11 is 0. The Morgan fingerprint density at radius 1 is 1.24 bits per heavy atom. The van der Waals surface area contributed by atoms with Crippen LogP contribution in [0.2, 0.25) is 0 Å². The number of nitrogens with zero attached hydrogens (tertiary/aromatic N) is 1. The van der Waals surface area contributed by atoms with Gasteiger partial charge >= 0.3 is 0 Å². The highest BCUT2D eigenvalue weighted by atomic mass is 16.6. The summed E-state index contributed by atoms with van der Waals surface area (Å²) < 4.78 is 16.0. The van der Waals surface area contributed by atoms with E-state index in [-0.39, 0.29) is 35.0 Å². The van der Waals surface area contributed by atoms with E-state index in [1.165, 1.54) is 19.2 Å². The molecule has 0 aliphatic carbocycles. The Labute approximate surface area is 123 Å². The largest absolute Gasteiger partial charge is 0.493 e. The lowest BCUT2D eigenvalue weighted by Gasteiger charge is -2.19. The van der Waals surface area contributed by atoms with Crippen molar-refractivity contribution >= 4 is 12.0 Å². The first-order valence-electron chi connectivity index (χ1n) is 6.37. The van der Waals surface area contributed by atoms with Crippen LogP contribution < -0.4 is 9.47 Å². The Morgan fingerprint density at radius 2 is 1.90 bits per heavy atom. The van der Waals surface area contributed by atoms with Gasteiger partial charge in [0.2, 0.25) is 0 Å². The minimum atomic E-state index is -0.637. The van der Waals surface area contributed by atoms with E-state index in [1.807, 2.05) is 20.8 Å². The van der Waals surface area contributed by atoms with Crippen molar-refractivity contribution in [3.8, 4) is 11.5 Å². The molecule has 1 rings (SSSR count). The standard InChI is InChI=1S/C14H19NO6/c1-14(2,3)21-6-5-20-13-8-11(15(17)18)10(9-16)7-12(13)19-4/h7-9H,5-6H2,1-4H3. The van der Waals surface area contributed by atoms with Gasteiger partial charge in [0.25, 0.3) is 5.69 Å². The number of methoxy groups -OCH3 is 1. The van der Waals surface area contributed by atoms with E-state index in [9.17, 15) is 14.9 Å². The molecule has 0 atom stereocenters. The predicted molar refractivity (Wildman–Crippen MR) is 76.2 cm³/mol. The zero-order chi connectivity index (χ0) is 16.0. The second-order valence-electron chi connectivity index (χ2n) is 5.25. The quantitative estimate of drug-likeness (QED) is 0.333. The van der Waals surface area contributed by atoms with Crippen LogP contribution in [-0.2, 0) is 4.74 Å². The first-order valence-corrected chi connectivity index (χ1v) is 6.37. The summed E-state index contributed by atoms with van der Waals surface area (Å²) in [6.45, 7) is 6.28. The lowest BCUT2D eigenvalue weighted by atomic mass is 10.1. The van der Waals surface area contributed by atoms with E-state index < -0.39 is 4.92 Å². The molecule has 1 aromatic rings. The number of nitro benzene ring substituents is 1. The monoisotopic (exact) mass is 297 g/mol. The summed E-state index contributed by atoms with van der Waals surface area (Å²) in [4.78, 5) is 21.1. The van der Waals surface area contributed by atoms with Gasteiger partial charge in [-0.1, -0.05) is 0 Å². The number of aldehydes is 1. The Balaban J connectivity index is 2.87. The number of benzene rings is 1. The number of nitro groups is 1. The van der Waals surface area contributed by atoms with Gasteiger partial charge in [0.1, 0.15) is 6.61 Å². The fourth-order valence-corrected chi connectivity index (χ4v) is 1.59. The maximum absolute atomic E-state index is 10.9. The summed E-state index contributed by atoms with van der Waals surface area (Å²) in [6.07, 6.45) is 0.410. The van der Waals surface area contributed by atoms with Gasteiger partial charge in [-0.25, -0.2) is 0 Å². The maximum Gasteiger partial charge on any atom is 0.283 e. The van der Waals surface area contributed by atoms with Crippen molar-refractivity contribution in [1.82, 2.24) is 0 Å². The van der Waals surface area contributed by atoms with Crippen LogP contribution in [0, 0.1) is 10.1 Å². The molecule has 21 heavy (non-hydrogen) atoms. The smallest absolute Gasteiger partial charge is 0.283 e. The van der Waals surface area contributed by atoms with Crippen molar-refractivity contribution in [2.45, 2.75) is 26.4 Å². The van der Waals surface area contributed by atoms with Gasteiger partial charge in [0, 0.05) is 6.07 Å². The Bertz CT molecular complexity index is 521. The van der Waals surface area contributed by atoms with Gasteiger partial charge in [0.15, 0.2) is 17.8 Å². The molecule has 0 aliphatic heterocycles. The second kappa shape index (κ2) is 7.03. The van der Waals surface area contributed by atoms with Crippen molar-refractivity contribution in [3.05, 3.63) is 27.8 Å². The fourth-order valence-electron chi connectivity index (χ4n) is 1.59. The second-order valence-corrected chi connectivity index (χ2v) is 5.25. The van der Waals surface area contributed by atoms with E-state index in [0.29, 0.717) is 12.9 Å². The molecule has 0 bridgehead atoms. The number of hydrogen-bond donors (Lipinski definition) is 0. The number of hydrogen-bond acceptors (Lipinski definition) is 6. The van der Waals surface area contributed by atoms with Crippen LogP contribution >= 0.6 is 0 Å². The highest BCUT2D eigenvalue weighted by Crippen LogP contribution is 2.33. The predicted octanol–water partition coefficient (Wildman–Crippen LogP) is 2.61. The summed E-state index contributed by atoms with van der Waals surface area (Å²) in [5.74, 6) is 0.464. The summed E-state index contributed by atoms with van der Waals surface area (Å²) in [5, 5.41) is 10.9. The molecule has 0 aromatic heterocycles. The molecule has 7 nitrogen and oxygen atoms in total. The molecular formula is C14H19NO6. The third kappa shape index (κ3) is 5.03. The Morgan fingerprint density at radius 3 is 2.38 bits per heavy atom. The van der Waals surface area contributed by atoms with Crippen LogP contribution in [0.1, 0.15) is 31.1 Å². The molecular weight excluding hydrogens is 278 g/mol. The molecule has 0 aliphatic rings. The van der Waals surface area contributed by atoms with Crippen LogP contribution in [0.5, 0.6) is 11.5 Å². The zero-order valence-corrected chi connectivity index (χ0v) is 12.5. The van der Waals surface area contributed by atoms with Crippen molar-refractivity contribution < 1.29 is 23.9 Å². The summed E-state index contributed by atoms with van der Waals surface area (Å²) in [6, 6.07) is 2.46. The molecule has 0 fully saturated rings. The highest BCUT2D eigenvalue weighted by molar-refractivity contribution is 5.83. The van der Waals surface area contributed by atoms with Crippen molar-refractivity contribution in [1.29, 1.82) is 0 Å². The number of rotatable bonds is 7. The van der Waals surface area contributed by atoms with Crippen LogP contribution in [0.4, 0.5) is 5.69 Å². The minimum Gasteiger partial charge on any atom is -0.493 e. The number of carbonyl (C=O) groups is 1. The lowest BCUT2D eigenvalue weighted by Crippen LogP contribution is -2.22. The fraction of sp³-hybridized carbons (Fsp3) is 0.500. The van der Waals surface area contributed by atoms with Gasteiger partial charge in [-0.3, -0.25) is 14.9 Å². The zero-order valence-electron chi connectivity index (χ0n) is 12.5. The average molecular weight is 297 g/mol. The first-order chi connectivity index (χ1) is 9.78. The van der Waals surface area contributed by atoms with Gasteiger partial charge in [-0.05, 0) is 20.8 Å². The van der Waals surface area contributed by atoms with Gasteiger partial charge < -0.3 is 14.2 Å². The molecule has 116 valence electrons. The molecule has 0 saturated carbocycles. The van der Waals surface area contributed by atoms with E-state index in [1.54, 1.807) is 0 Å². The molecule has 7 heteroatoms. The molecule has 0 saturated heterocycles. The SMILES string of the molecule is COc1cc(C=O)c([N+](=O)[O-])cc1OCCOC(C)(C)C. The lowest BCUT2D eigenvalue weighted by molar-refractivity contribution is -0.385. The van der Waals surface area contributed by atoms with Crippen molar-refractivity contribution in [2.24, 2.45) is 0 Å². The van der Waals surface area contributed by atoms with Crippen molar-refractivity contribution in [3.63, 3.8) is 0 Å². The van der Waals surface area contributed by atoms with Crippen LogP contribution in [0.15, 0.2) is 12.1 Å². The first kappa shape index (κ1) is 16.9. The summed E-state index contributed by atoms with van der Waals surface area (Å²) in [7, 11) is 1.40. The highest BCUT2D eigenvalue weighted by Gasteiger charge is 2.19. The number of carbonyl (C=O) groups excluding carboxylic acids is 1. The van der Waals surface area contributed by atoms with Gasteiger partial charge in [-0.2, -0.15) is 0 Å². The molecule has 0 N–H and O–H groups in total.